The number of carbonyl (C=O) groups is 1. The van der Waals surface area contributed by atoms with Crippen LogP contribution in [0.3, 0.4) is 0 Å². The standard InChI is InChI=1S/C27H36N8O2/c1-27(2,3)19-9-7-18(8-10-19)25(36)29-20-6-5-12-34(17-20)24-14-22(26(37)33(4)32-24)30-23-11-13-35(31-23)21-15-28-16-21/h7-11,13-14,20-21,28H,5-6,12,15-17H2,1-4H3,(H,29,36)(H,30,31)/t20-/m1/s1. The van der Waals surface area contributed by atoms with E-state index in [1.54, 1.807) is 13.1 Å². The quantitative estimate of drug-likeness (QED) is 0.473. The molecule has 10 heteroatoms. The monoisotopic (exact) mass is 504 g/mol. The van der Waals surface area contributed by atoms with Crippen molar-refractivity contribution in [2.75, 3.05) is 36.4 Å². The number of amides is 1. The number of aryl methyl sites for hydroxylation is 1. The normalized spacial score (nSPS) is 18.4. The smallest absolute Gasteiger partial charge is 0.290 e. The predicted molar refractivity (Wildman–Crippen MR) is 145 cm³/mol. The lowest BCUT2D eigenvalue weighted by molar-refractivity contribution is 0.0933. The average molecular weight is 505 g/mol. The fourth-order valence-electron chi connectivity index (χ4n) is 4.74. The maximum Gasteiger partial charge on any atom is 0.290 e. The average Bonchev–Trinajstić information content (AvgIpc) is 3.28. The van der Waals surface area contributed by atoms with Crippen LogP contribution in [0.2, 0.25) is 0 Å². The summed E-state index contributed by atoms with van der Waals surface area (Å²) < 4.78 is 3.27. The summed E-state index contributed by atoms with van der Waals surface area (Å²) >= 11 is 0. The van der Waals surface area contributed by atoms with Gasteiger partial charge in [-0.25, -0.2) is 4.68 Å². The zero-order chi connectivity index (χ0) is 26.2. The summed E-state index contributed by atoms with van der Waals surface area (Å²) in [5.41, 5.74) is 2.11. The molecular formula is C27H36N8O2. The van der Waals surface area contributed by atoms with Crippen molar-refractivity contribution in [3.8, 4) is 0 Å². The molecule has 2 aliphatic heterocycles. The molecule has 1 aromatic carbocycles. The van der Waals surface area contributed by atoms with Crippen molar-refractivity contribution in [3.05, 3.63) is 64.1 Å². The number of nitrogens with zero attached hydrogens (tertiary/aromatic N) is 5. The molecule has 5 rings (SSSR count). The summed E-state index contributed by atoms with van der Waals surface area (Å²) in [6.45, 7) is 9.71. The Hall–Kier alpha value is -3.66. The van der Waals surface area contributed by atoms with E-state index in [-0.39, 0.29) is 22.9 Å². The van der Waals surface area contributed by atoms with Crippen LogP contribution < -0.4 is 26.4 Å². The van der Waals surface area contributed by atoms with Gasteiger partial charge in [0.15, 0.2) is 11.6 Å². The first kappa shape index (κ1) is 25.0. The Morgan fingerprint density at radius 2 is 1.86 bits per heavy atom. The van der Waals surface area contributed by atoms with Gasteiger partial charge in [-0.1, -0.05) is 32.9 Å². The first-order chi connectivity index (χ1) is 17.7. The van der Waals surface area contributed by atoms with E-state index >= 15 is 0 Å². The minimum absolute atomic E-state index is 0.00855. The maximum absolute atomic E-state index is 12.9. The number of aromatic nitrogens is 4. The topological polar surface area (TPSA) is 109 Å². The molecule has 4 heterocycles. The van der Waals surface area contributed by atoms with Crippen LogP contribution in [0, 0.1) is 0 Å². The Kier molecular flexibility index (Phi) is 6.76. The number of rotatable bonds is 6. The fourth-order valence-corrected chi connectivity index (χ4v) is 4.74. The first-order valence-electron chi connectivity index (χ1n) is 12.9. The van der Waals surface area contributed by atoms with Crippen molar-refractivity contribution < 1.29 is 4.79 Å². The van der Waals surface area contributed by atoms with Gasteiger partial charge in [0.05, 0.1) is 6.04 Å². The highest BCUT2D eigenvalue weighted by Gasteiger charge is 2.25. The highest BCUT2D eigenvalue weighted by molar-refractivity contribution is 5.94. The Labute approximate surface area is 217 Å². The third-order valence-corrected chi connectivity index (χ3v) is 7.15. The van der Waals surface area contributed by atoms with Crippen molar-refractivity contribution in [3.63, 3.8) is 0 Å². The van der Waals surface area contributed by atoms with Crippen LogP contribution >= 0.6 is 0 Å². The minimum atomic E-state index is -0.218. The summed E-state index contributed by atoms with van der Waals surface area (Å²) in [5.74, 6) is 1.25. The van der Waals surface area contributed by atoms with Crippen molar-refractivity contribution >= 4 is 23.2 Å². The molecule has 0 radical (unpaired) electrons. The molecule has 1 amide bonds. The van der Waals surface area contributed by atoms with Gasteiger partial charge in [-0.2, -0.15) is 10.2 Å². The van der Waals surface area contributed by atoms with Crippen molar-refractivity contribution in [2.45, 2.75) is 51.1 Å². The third-order valence-electron chi connectivity index (χ3n) is 7.15. The zero-order valence-electron chi connectivity index (χ0n) is 22.0. The molecule has 2 saturated heterocycles. The Balaban J connectivity index is 1.26. The lowest BCUT2D eigenvalue weighted by Gasteiger charge is -2.34. The van der Waals surface area contributed by atoms with Gasteiger partial charge in [0.2, 0.25) is 0 Å². The van der Waals surface area contributed by atoms with Gasteiger partial charge in [0.25, 0.3) is 11.5 Å². The molecule has 0 bridgehead atoms. The van der Waals surface area contributed by atoms with E-state index in [9.17, 15) is 9.59 Å². The van der Waals surface area contributed by atoms with E-state index in [0.717, 1.165) is 32.5 Å². The maximum atomic E-state index is 12.9. The molecule has 0 aliphatic carbocycles. The third kappa shape index (κ3) is 5.53. The molecule has 0 saturated carbocycles. The van der Waals surface area contributed by atoms with Crippen LogP contribution in [0.15, 0.2) is 47.4 Å². The number of nitrogens with one attached hydrogen (secondary N) is 3. The summed E-state index contributed by atoms with van der Waals surface area (Å²) in [7, 11) is 1.65. The molecule has 2 fully saturated rings. The van der Waals surface area contributed by atoms with Crippen molar-refractivity contribution in [1.82, 2.24) is 30.2 Å². The molecule has 0 spiro atoms. The predicted octanol–water partition coefficient (Wildman–Crippen LogP) is 2.56. The molecular weight excluding hydrogens is 468 g/mol. The summed E-state index contributed by atoms with van der Waals surface area (Å²) in [4.78, 5) is 27.8. The van der Waals surface area contributed by atoms with Crippen LogP contribution in [0.1, 0.15) is 55.6 Å². The molecule has 37 heavy (non-hydrogen) atoms. The summed E-state index contributed by atoms with van der Waals surface area (Å²) in [5, 5.41) is 18.7. The van der Waals surface area contributed by atoms with Gasteiger partial charge in [-0.05, 0) is 36.0 Å². The number of benzene rings is 1. The molecule has 2 aromatic heterocycles. The molecule has 3 aromatic rings. The van der Waals surface area contributed by atoms with E-state index < -0.39 is 0 Å². The number of hydrogen-bond donors (Lipinski definition) is 3. The van der Waals surface area contributed by atoms with E-state index in [1.807, 2.05) is 41.2 Å². The molecule has 196 valence electrons. The van der Waals surface area contributed by atoms with Crippen LogP contribution in [0.5, 0.6) is 0 Å². The van der Waals surface area contributed by atoms with Crippen LogP contribution in [0.4, 0.5) is 17.3 Å². The SMILES string of the molecule is Cn1nc(N2CCC[C@@H](NC(=O)c3ccc(C(C)(C)C)cc3)C2)cc(Nc2ccn(C3CNC3)n2)c1=O. The number of hydrogen-bond acceptors (Lipinski definition) is 7. The zero-order valence-corrected chi connectivity index (χ0v) is 22.0. The van der Waals surface area contributed by atoms with Gasteiger partial charge in [-0.15, -0.1) is 0 Å². The Bertz CT molecular complexity index is 1320. The van der Waals surface area contributed by atoms with Crippen LogP contribution in [-0.4, -0.2) is 57.7 Å². The number of carbonyl (C=O) groups excluding carboxylic acids is 1. The Morgan fingerprint density at radius 3 is 2.54 bits per heavy atom. The Morgan fingerprint density at radius 1 is 1.11 bits per heavy atom. The van der Waals surface area contributed by atoms with Crippen LogP contribution in [0.25, 0.3) is 0 Å². The van der Waals surface area contributed by atoms with E-state index in [1.165, 1.54) is 10.2 Å². The van der Waals surface area contributed by atoms with Crippen molar-refractivity contribution in [2.24, 2.45) is 7.05 Å². The molecule has 10 nitrogen and oxygen atoms in total. The first-order valence-corrected chi connectivity index (χ1v) is 12.9. The highest BCUT2D eigenvalue weighted by atomic mass is 16.2. The van der Waals surface area contributed by atoms with E-state index in [0.29, 0.717) is 35.5 Å². The molecule has 0 unspecified atom stereocenters. The lowest BCUT2D eigenvalue weighted by Crippen LogP contribution is -2.48. The van der Waals surface area contributed by atoms with Gasteiger partial charge < -0.3 is 20.9 Å². The highest BCUT2D eigenvalue weighted by Crippen LogP contribution is 2.24. The van der Waals surface area contributed by atoms with E-state index in [4.69, 9.17) is 0 Å². The number of piperidine rings is 1. The summed E-state index contributed by atoms with van der Waals surface area (Å²) in [6.07, 6.45) is 3.74. The van der Waals surface area contributed by atoms with Crippen LogP contribution in [-0.2, 0) is 12.5 Å². The van der Waals surface area contributed by atoms with Crippen molar-refractivity contribution in [1.29, 1.82) is 0 Å². The van der Waals surface area contributed by atoms with E-state index in [2.05, 4.69) is 51.8 Å². The van der Waals surface area contributed by atoms with Gasteiger partial charge in [0.1, 0.15) is 5.69 Å². The molecule has 3 N–H and O–H groups in total. The van der Waals surface area contributed by atoms with Gasteiger partial charge in [0, 0.05) is 63.2 Å². The largest absolute Gasteiger partial charge is 0.353 e. The second kappa shape index (κ2) is 10.0. The summed E-state index contributed by atoms with van der Waals surface area (Å²) in [6, 6.07) is 11.8. The second-order valence-corrected chi connectivity index (χ2v) is 11.0. The number of anilines is 3. The molecule has 2 aliphatic rings. The lowest BCUT2D eigenvalue weighted by atomic mass is 9.86. The van der Waals surface area contributed by atoms with Gasteiger partial charge in [-0.3, -0.25) is 14.3 Å². The fraction of sp³-hybridized carbons (Fsp3) is 0.481. The second-order valence-electron chi connectivity index (χ2n) is 11.0. The minimum Gasteiger partial charge on any atom is -0.353 e. The molecule has 1 atom stereocenters. The van der Waals surface area contributed by atoms with Gasteiger partial charge >= 0.3 is 0 Å².